The average molecular weight is 297 g/mol. The highest BCUT2D eigenvalue weighted by atomic mass is 16.5. The van der Waals surface area contributed by atoms with Gasteiger partial charge >= 0.3 is 5.97 Å². The molecule has 22 heavy (non-hydrogen) atoms. The summed E-state index contributed by atoms with van der Waals surface area (Å²) in [7, 11) is 0. The molecule has 1 aliphatic heterocycles. The van der Waals surface area contributed by atoms with Crippen LogP contribution in [-0.4, -0.2) is 17.8 Å². The van der Waals surface area contributed by atoms with Gasteiger partial charge in [-0.3, -0.25) is 19.3 Å². The van der Waals surface area contributed by atoms with Crippen molar-refractivity contribution in [3.8, 4) is 5.75 Å². The van der Waals surface area contributed by atoms with Gasteiger partial charge < -0.3 is 4.74 Å². The predicted molar refractivity (Wildman–Crippen MR) is 78.0 cm³/mol. The zero-order valence-corrected chi connectivity index (χ0v) is 12.1. The number of rotatable bonds is 2. The maximum Gasteiger partial charge on any atom is 0.308 e. The summed E-state index contributed by atoms with van der Waals surface area (Å²) >= 11 is 0. The molecule has 112 valence electrons. The molecule has 2 bridgehead atoms. The first-order valence-electron chi connectivity index (χ1n) is 7.41. The molecule has 0 spiro atoms. The van der Waals surface area contributed by atoms with E-state index in [9.17, 15) is 14.4 Å². The first-order chi connectivity index (χ1) is 10.6. The van der Waals surface area contributed by atoms with Gasteiger partial charge in [-0.25, -0.2) is 0 Å². The van der Waals surface area contributed by atoms with E-state index >= 15 is 0 Å². The van der Waals surface area contributed by atoms with Gasteiger partial charge in [0.2, 0.25) is 11.8 Å². The van der Waals surface area contributed by atoms with E-state index in [1.807, 2.05) is 0 Å². The Bertz CT molecular complexity index is 676. The molecule has 0 unspecified atom stereocenters. The molecule has 2 fully saturated rings. The standard InChI is InChI=1S/C17H15NO4/c1-9(19)22-13-6-4-12(5-7-13)18-16(20)14-10-2-3-11(8-10)15(14)17(18)21/h2-7,10-11,14-15H,8H2,1H3/t10-,11-,14-,15+/m1/s1. The number of hydrogen-bond acceptors (Lipinski definition) is 4. The van der Waals surface area contributed by atoms with E-state index < -0.39 is 5.97 Å². The lowest BCUT2D eigenvalue weighted by atomic mass is 9.85. The molecule has 0 N–H and O–H groups in total. The first kappa shape index (κ1) is 13.2. The quantitative estimate of drug-likeness (QED) is 0.362. The Morgan fingerprint density at radius 2 is 1.59 bits per heavy atom. The highest BCUT2D eigenvalue weighted by Crippen LogP contribution is 2.53. The predicted octanol–water partition coefficient (Wildman–Crippen LogP) is 1.92. The molecular weight excluding hydrogens is 282 g/mol. The number of ether oxygens (including phenoxy) is 1. The fourth-order valence-corrected chi connectivity index (χ4v) is 3.99. The summed E-state index contributed by atoms with van der Waals surface area (Å²) < 4.78 is 4.97. The molecule has 4 atom stereocenters. The van der Waals surface area contributed by atoms with Crippen LogP contribution in [0.4, 0.5) is 5.69 Å². The van der Waals surface area contributed by atoms with Crippen molar-refractivity contribution in [1.82, 2.24) is 0 Å². The summed E-state index contributed by atoms with van der Waals surface area (Å²) in [4.78, 5) is 37.5. The van der Waals surface area contributed by atoms with Gasteiger partial charge in [0.05, 0.1) is 17.5 Å². The van der Waals surface area contributed by atoms with Gasteiger partial charge in [0.25, 0.3) is 0 Å². The Hall–Kier alpha value is -2.43. The van der Waals surface area contributed by atoms with Gasteiger partial charge in [-0.2, -0.15) is 0 Å². The molecule has 4 rings (SSSR count). The van der Waals surface area contributed by atoms with E-state index in [1.54, 1.807) is 24.3 Å². The van der Waals surface area contributed by atoms with Crippen LogP contribution in [-0.2, 0) is 14.4 Å². The van der Waals surface area contributed by atoms with Crippen LogP contribution in [0.25, 0.3) is 0 Å². The summed E-state index contributed by atoms with van der Waals surface area (Å²) in [6, 6.07) is 6.48. The van der Waals surface area contributed by atoms with Crippen molar-refractivity contribution in [2.45, 2.75) is 13.3 Å². The summed E-state index contributed by atoms with van der Waals surface area (Å²) in [5, 5.41) is 0. The van der Waals surface area contributed by atoms with Crippen molar-refractivity contribution in [3.05, 3.63) is 36.4 Å². The Morgan fingerprint density at radius 3 is 2.09 bits per heavy atom. The van der Waals surface area contributed by atoms with E-state index in [4.69, 9.17) is 4.74 Å². The average Bonchev–Trinajstić information content (AvgIpc) is 3.14. The molecule has 5 nitrogen and oxygen atoms in total. The molecule has 1 aromatic rings. The van der Waals surface area contributed by atoms with Gasteiger partial charge in [0.1, 0.15) is 5.75 Å². The van der Waals surface area contributed by atoms with Crippen molar-refractivity contribution >= 4 is 23.5 Å². The molecule has 1 saturated heterocycles. The normalized spacial score (nSPS) is 31.8. The van der Waals surface area contributed by atoms with Crippen molar-refractivity contribution in [2.24, 2.45) is 23.7 Å². The lowest BCUT2D eigenvalue weighted by Crippen LogP contribution is -2.32. The number of anilines is 1. The van der Waals surface area contributed by atoms with Crippen LogP contribution < -0.4 is 9.64 Å². The van der Waals surface area contributed by atoms with Gasteiger partial charge in [0.15, 0.2) is 0 Å². The zero-order valence-electron chi connectivity index (χ0n) is 12.1. The number of fused-ring (bicyclic) bond motifs is 5. The number of benzene rings is 1. The maximum absolute atomic E-state index is 12.6. The lowest BCUT2D eigenvalue weighted by molar-refractivity contribution is -0.132. The summed E-state index contributed by atoms with van der Waals surface area (Å²) in [6.07, 6.45) is 5.07. The van der Waals surface area contributed by atoms with Gasteiger partial charge in [-0.05, 0) is 42.5 Å². The van der Waals surface area contributed by atoms with Gasteiger partial charge in [0, 0.05) is 6.92 Å². The molecule has 2 aliphatic carbocycles. The van der Waals surface area contributed by atoms with Crippen LogP contribution >= 0.6 is 0 Å². The maximum atomic E-state index is 12.6. The SMILES string of the molecule is CC(=O)Oc1ccc(N2C(=O)[C@@H]3[C@H](C2=O)[C@@H]2C=C[C@@H]3C2)cc1. The minimum absolute atomic E-state index is 0.105. The first-order valence-corrected chi connectivity index (χ1v) is 7.41. The number of carbonyl (C=O) groups excluding carboxylic acids is 3. The van der Waals surface area contributed by atoms with Crippen LogP contribution in [0, 0.1) is 23.7 Å². The Labute approximate surface area is 127 Å². The second-order valence-corrected chi connectivity index (χ2v) is 6.10. The number of allylic oxidation sites excluding steroid dienone is 2. The third-order valence-electron chi connectivity index (χ3n) is 4.83. The monoisotopic (exact) mass is 297 g/mol. The Morgan fingerprint density at radius 1 is 1.05 bits per heavy atom. The number of amides is 2. The van der Waals surface area contributed by atoms with Crippen LogP contribution in [0.2, 0.25) is 0 Å². The zero-order chi connectivity index (χ0) is 15.4. The number of esters is 1. The molecule has 1 heterocycles. The molecule has 2 amide bonds. The summed E-state index contributed by atoms with van der Waals surface area (Å²) in [6.45, 7) is 1.32. The van der Waals surface area contributed by atoms with Gasteiger partial charge in [-0.1, -0.05) is 12.2 Å². The fourth-order valence-electron chi connectivity index (χ4n) is 3.99. The van der Waals surface area contributed by atoms with E-state index in [1.165, 1.54) is 11.8 Å². The lowest BCUT2D eigenvalue weighted by Gasteiger charge is -2.17. The van der Waals surface area contributed by atoms with Crippen LogP contribution in [0.1, 0.15) is 13.3 Å². The second-order valence-electron chi connectivity index (χ2n) is 6.10. The molecule has 0 radical (unpaired) electrons. The summed E-state index contributed by atoms with van der Waals surface area (Å²) in [5.74, 6) is -0.200. The Balaban J connectivity index is 1.62. The minimum Gasteiger partial charge on any atom is -0.427 e. The van der Waals surface area contributed by atoms with E-state index in [0.29, 0.717) is 11.4 Å². The van der Waals surface area contributed by atoms with Crippen molar-refractivity contribution < 1.29 is 19.1 Å². The van der Waals surface area contributed by atoms with Crippen molar-refractivity contribution in [2.75, 3.05) is 4.90 Å². The number of hydrogen-bond donors (Lipinski definition) is 0. The fraction of sp³-hybridized carbons (Fsp3) is 0.353. The van der Waals surface area contributed by atoms with Crippen molar-refractivity contribution in [1.29, 1.82) is 0 Å². The highest BCUT2D eigenvalue weighted by molar-refractivity contribution is 6.22. The molecule has 1 aromatic carbocycles. The summed E-state index contributed by atoms with van der Waals surface area (Å²) in [5.41, 5.74) is 0.541. The second kappa shape index (κ2) is 4.53. The Kier molecular flexibility index (Phi) is 2.73. The van der Waals surface area contributed by atoms with Crippen LogP contribution in [0.5, 0.6) is 5.75 Å². The van der Waals surface area contributed by atoms with Crippen LogP contribution in [0.3, 0.4) is 0 Å². The molecule has 3 aliphatic rings. The molecular formula is C17H15NO4. The van der Waals surface area contributed by atoms with Crippen molar-refractivity contribution in [3.63, 3.8) is 0 Å². The van der Waals surface area contributed by atoms with Gasteiger partial charge in [-0.15, -0.1) is 0 Å². The third kappa shape index (κ3) is 1.75. The molecule has 1 saturated carbocycles. The number of carbonyl (C=O) groups is 3. The van der Waals surface area contributed by atoms with Crippen LogP contribution in [0.15, 0.2) is 36.4 Å². The highest BCUT2D eigenvalue weighted by Gasteiger charge is 2.59. The minimum atomic E-state index is -0.404. The molecule has 0 aromatic heterocycles. The smallest absolute Gasteiger partial charge is 0.308 e. The number of nitrogens with zero attached hydrogens (tertiary/aromatic N) is 1. The third-order valence-corrected chi connectivity index (χ3v) is 4.83. The topological polar surface area (TPSA) is 63.7 Å². The molecule has 5 heteroatoms. The van der Waals surface area contributed by atoms with E-state index in [0.717, 1.165) is 6.42 Å². The van der Waals surface area contributed by atoms with E-state index in [-0.39, 0.29) is 35.5 Å². The number of imide groups is 1. The largest absolute Gasteiger partial charge is 0.427 e. The van der Waals surface area contributed by atoms with E-state index in [2.05, 4.69) is 12.2 Å².